The number of likely N-dealkylation sites (N-methyl/N-ethyl adjacent to an activating group) is 1. The molecule has 4 rings (SSSR count). The van der Waals surface area contributed by atoms with Gasteiger partial charge in [0.15, 0.2) is 0 Å². The van der Waals surface area contributed by atoms with Crippen LogP contribution in [0.4, 0.5) is 0 Å². The van der Waals surface area contributed by atoms with Crippen LogP contribution in [0.25, 0.3) is 17.5 Å². The highest BCUT2D eigenvalue weighted by Gasteiger charge is 2.26. The second kappa shape index (κ2) is 9.24. The zero-order valence-corrected chi connectivity index (χ0v) is 20.1. The van der Waals surface area contributed by atoms with Crippen LogP contribution in [-0.2, 0) is 22.4 Å². The fourth-order valence-electron chi connectivity index (χ4n) is 4.44. The van der Waals surface area contributed by atoms with E-state index in [1.165, 1.54) is 16.8 Å². The number of hydrogen-bond acceptors (Lipinski definition) is 4. The Morgan fingerprint density at radius 1 is 1.31 bits per heavy atom. The van der Waals surface area contributed by atoms with E-state index < -0.39 is 0 Å². The zero-order valence-electron chi connectivity index (χ0n) is 20.1. The van der Waals surface area contributed by atoms with Gasteiger partial charge in [0, 0.05) is 43.5 Å². The van der Waals surface area contributed by atoms with E-state index in [1.807, 2.05) is 11.9 Å². The minimum absolute atomic E-state index is 0.0591. The van der Waals surface area contributed by atoms with E-state index >= 15 is 0 Å². The molecule has 3 heterocycles. The first-order valence-corrected chi connectivity index (χ1v) is 11.7. The van der Waals surface area contributed by atoms with Crippen molar-refractivity contribution in [3.8, 4) is 11.4 Å². The van der Waals surface area contributed by atoms with Gasteiger partial charge in [0.25, 0.3) is 0 Å². The van der Waals surface area contributed by atoms with E-state index in [2.05, 4.69) is 66.0 Å². The Hall–Kier alpha value is -2.38. The Morgan fingerprint density at radius 2 is 2.06 bits per heavy atom. The second-order valence-corrected chi connectivity index (χ2v) is 10.4. The summed E-state index contributed by atoms with van der Waals surface area (Å²) in [6.07, 6.45) is 7.18. The number of nitrogens with one attached hydrogen (secondary N) is 2. The number of carbonyl (C=O) groups is 1. The number of ether oxygens (including phenoxy) is 1. The molecule has 2 aromatic heterocycles. The molecular weight excluding hydrogens is 402 g/mol. The third-order valence-electron chi connectivity index (χ3n) is 6.65. The predicted octanol–water partition coefficient (Wildman–Crippen LogP) is 3.42. The number of fused-ring (bicyclic) bond motifs is 1. The van der Waals surface area contributed by atoms with Crippen molar-refractivity contribution in [1.29, 1.82) is 0 Å². The van der Waals surface area contributed by atoms with Crippen molar-refractivity contribution in [2.45, 2.75) is 53.0 Å². The average Bonchev–Trinajstić information content (AvgIpc) is 3.34. The third kappa shape index (κ3) is 5.15. The minimum Gasteiger partial charge on any atom is -0.379 e. The van der Waals surface area contributed by atoms with Crippen molar-refractivity contribution < 1.29 is 9.53 Å². The van der Waals surface area contributed by atoms with Crippen LogP contribution in [0.3, 0.4) is 0 Å². The lowest BCUT2D eigenvalue weighted by atomic mass is 9.88. The Morgan fingerprint density at radius 3 is 2.78 bits per heavy atom. The first kappa shape index (κ1) is 22.8. The van der Waals surface area contributed by atoms with Gasteiger partial charge in [-0.1, -0.05) is 32.9 Å². The number of carbonyl (C=O) groups excluding carboxylic acids is 1. The van der Waals surface area contributed by atoms with Crippen LogP contribution in [0.1, 0.15) is 49.7 Å². The number of rotatable bonds is 6. The molecule has 32 heavy (non-hydrogen) atoms. The topological polar surface area (TPSA) is 77.2 Å². The number of amides is 1. The van der Waals surface area contributed by atoms with Crippen molar-refractivity contribution in [3.05, 3.63) is 34.7 Å². The normalized spacial score (nSPS) is 19.2. The Kier molecular flexibility index (Phi) is 6.58. The molecule has 1 atom stereocenters. The summed E-state index contributed by atoms with van der Waals surface area (Å²) in [4.78, 5) is 20.5. The van der Waals surface area contributed by atoms with Crippen molar-refractivity contribution in [1.82, 2.24) is 25.0 Å². The fourth-order valence-corrected chi connectivity index (χ4v) is 4.44. The van der Waals surface area contributed by atoms with Gasteiger partial charge >= 0.3 is 0 Å². The molecule has 0 bridgehead atoms. The summed E-state index contributed by atoms with van der Waals surface area (Å²) in [5, 5.41) is 7.80. The molecule has 0 spiro atoms. The lowest BCUT2D eigenvalue weighted by Crippen LogP contribution is -2.47. The van der Waals surface area contributed by atoms with Gasteiger partial charge in [0.05, 0.1) is 31.5 Å². The molecule has 7 heteroatoms. The highest BCUT2D eigenvalue weighted by molar-refractivity contribution is 5.79. The largest absolute Gasteiger partial charge is 0.379 e. The van der Waals surface area contributed by atoms with Crippen LogP contribution in [0.2, 0.25) is 0 Å². The van der Waals surface area contributed by atoms with Crippen LogP contribution in [0, 0.1) is 12.3 Å². The number of aryl methyl sites for hydroxylation is 1. The molecule has 174 valence electrons. The van der Waals surface area contributed by atoms with Gasteiger partial charge in [-0.05, 0) is 36.8 Å². The monoisotopic (exact) mass is 439 g/mol. The summed E-state index contributed by atoms with van der Waals surface area (Å²) in [7, 11) is 1.91. The SMILES string of the molecule is Cc1[nH]nc(-c2cc3c([nH]2)CC(N(C)C(=O)CN2CCOCC2)C=C3)c1CCC(C)(C)C. The first-order valence-electron chi connectivity index (χ1n) is 11.7. The number of nitrogens with zero attached hydrogens (tertiary/aromatic N) is 3. The molecule has 2 aliphatic rings. The van der Waals surface area contributed by atoms with E-state index in [-0.39, 0.29) is 17.4 Å². The predicted molar refractivity (Wildman–Crippen MR) is 127 cm³/mol. The molecule has 2 aromatic rings. The standard InChI is InChI=1S/C25H37N5O2/c1-17-20(8-9-25(2,3)4)24(28-27-17)22-14-18-6-7-19(15-21(18)26-22)29(5)23(31)16-30-10-12-32-13-11-30/h6-7,14,19,26H,8-13,15-16H2,1-5H3,(H,27,28). The van der Waals surface area contributed by atoms with Crippen LogP contribution in [0.15, 0.2) is 12.1 Å². The quantitative estimate of drug-likeness (QED) is 0.723. The molecule has 7 nitrogen and oxygen atoms in total. The molecule has 1 aliphatic carbocycles. The van der Waals surface area contributed by atoms with Gasteiger partial charge in [0.2, 0.25) is 5.91 Å². The molecule has 0 aromatic carbocycles. The summed E-state index contributed by atoms with van der Waals surface area (Å²) in [5.74, 6) is 0.157. The maximum atomic E-state index is 12.8. The molecule has 0 radical (unpaired) electrons. The number of aromatic amines is 2. The molecule has 1 amide bonds. The second-order valence-electron chi connectivity index (χ2n) is 10.4. The van der Waals surface area contributed by atoms with Gasteiger partial charge in [-0.2, -0.15) is 5.10 Å². The number of aromatic nitrogens is 3. The van der Waals surface area contributed by atoms with Crippen LogP contribution in [0.5, 0.6) is 0 Å². The van der Waals surface area contributed by atoms with Gasteiger partial charge in [0.1, 0.15) is 5.69 Å². The molecule has 1 saturated heterocycles. The van der Waals surface area contributed by atoms with Gasteiger partial charge in [-0.15, -0.1) is 0 Å². The summed E-state index contributed by atoms with van der Waals surface area (Å²) in [5.41, 5.74) is 7.13. The number of H-pyrrole nitrogens is 2. The molecule has 1 fully saturated rings. The first-order chi connectivity index (χ1) is 15.2. The highest BCUT2D eigenvalue weighted by atomic mass is 16.5. The van der Waals surface area contributed by atoms with Crippen LogP contribution in [-0.4, -0.2) is 76.8 Å². The lowest BCUT2D eigenvalue weighted by Gasteiger charge is -2.31. The van der Waals surface area contributed by atoms with Gasteiger partial charge < -0.3 is 14.6 Å². The zero-order chi connectivity index (χ0) is 22.9. The summed E-state index contributed by atoms with van der Waals surface area (Å²) in [6, 6.07) is 2.25. The van der Waals surface area contributed by atoms with Crippen molar-refractivity contribution in [2.24, 2.45) is 5.41 Å². The van der Waals surface area contributed by atoms with Crippen LogP contribution < -0.4 is 0 Å². The minimum atomic E-state index is 0.0591. The van der Waals surface area contributed by atoms with Crippen molar-refractivity contribution >= 4 is 12.0 Å². The van der Waals surface area contributed by atoms with E-state index in [0.717, 1.165) is 49.4 Å². The number of hydrogen-bond donors (Lipinski definition) is 2. The summed E-state index contributed by atoms with van der Waals surface area (Å²) < 4.78 is 5.39. The molecule has 2 N–H and O–H groups in total. The average molecular weight is 440 g/mol. The maximum absolute atomic E-state index is 12.8. The maximum Gasteiger partial charge on any atom is 0.236 e. The van der Waals surface area contributed by atoms with E-state index in [9.17, 15) is 4.79 Å². The summed E-state index contributed by atoms with van der Waals surface area (Å²) >= 11 is 0. The molecular formula is C25H37N5O2. The van der Waals surface area contributed by atoms with E-state index in [0.29, 0.717) is 19.8 Å². The molecule has 1 unspecified atom stereocenters. The Labute approximate surface area is 191 Å². The Bertz CT molecular complexity index is 975. The van der Waals surface area contributed by atoms with Crippen LogP contribution >= 0.6 is 0 Å². The Balaban J connectivity index is 1.45. The van der Waals surface area contributed by atoms with E-state index in [4.69, 9.17) is 4.74 Å². The molecule has 0 saturated carbocycles. The van der Waals surface area contributed by atoms with Crippen molar-refractivity contribution in [3.63, 3.8) is 0 Å². The third-order valence-corrected chi connectivity index (χ3v) is 6.65. The van der Waals surface area contributed by atoms with E-state index in [1.54, 1.807) is 0 Å². The smallest absolute Gasteiger partial charge is 0.236 e. The molecule has 1 aliphatic heterocycles. The fraction of sp³-hybridized carbons (Fsp3) is 0.600. The summed E-state index contributed by atoms with van der Waals surface area (Å²) in [6.45, 7) is 12.4. The van der Waals surface area contributed by atoms with Gasteiger partial charge in [-0.3, -0.25) is 14.8 Å². The van der Waals surface area contributed by atoms with Gasteiger partial charge in [-0.25, -0.2) is 0 Å². The lowest BCUT2D eigenvalue weighted by molar-refractivity contribution is -0.133. The number of morpholine rings is 1. The van der Waals surface area contributed by atoms with Crippen molar-refractivity contribution in [2.75, 3.05) is 39.9 Å². The highest BCUT2D eigenvalue weighted by Crippen LogP contribution is 2.31.